The number of rotatable bonds is 5. The highest BCUT2D eigenvalue weighted by Gasteiger charge is 2.33. The molecule has 0 saturated carbocycles. The van der Waals surface area contributed by atoms with Crippen LogP contribution in [0.15, 0.2) is 52.0 Å². The van der Waals surface area contributed by atoms with E-state index in [0.717, 1.165) is 8.78 Å². The smallest absolute Gasteiger partial charge is 0.254 e. The molecule has 1 aliphatic heterocycles. The molecular weight excluding hydrogens is 422 g/mol. The van der Waals surface area contributed by atoms with Gasteiger partial charge in [0.25, 0.3) is 5.91 Å². The molecule has 1 aliphatic rings. The zero-order chi connectivity index (χ0) is 18.9. The van der Waals surface area contributed by atoms with Gasteiger partial charge in [-0.1, -0.05) is 0 Å². The summed E-state index contributed by atoms with van der Waals surface area (Å²) in [6, 6.07) is 9.59. The average Bonchev–Trinajstić information content (AvgIpc) is 2.58. The SMILES string of the molecule is CN(C)S(=O)(=O)c1ccc(C(=O)N2CC(Oc3ncccc3Br)C2)cc1. The third-order valence-corrected chi connectivity index (χ3v) is 6.45. The summed E-state index contributed by atoms with van der Waals surface area (Å²) in [6.45, 7) is 0.916. The van der Waals surface area contributed by atoms with E-state index in [2.05, 4.69) is 20.9 Å². The quantitative estimate of drug-likeness (QED) is 0.711. The molecule has 1 amide bonds. The zero-order valence-electron chi connectivity index (χ0n) is 14.3. The van der Waals surface area contributed by atoms with Crippen molar-refractivity contribution >= 4 is 31.9 Å². The van der Waals surface area contributed by atoms with Crippen molar-refractivity contribution in [1.29, 1.82) is 0 Å². The molecule has 1 aromatic carbocycles. The summed E-state index contributed by atoms with van der Waals surface area (Å²) >= 11 is 3.37. The van der Waals surface area contributed by atoms with Crippen LogP contribution >= 0.6 is 15.9 Å². The number of carbonyl (C=O) groups excluding carboxylic acids is 1. The molecule has 2 aromatic rings. The fraction of sp³-hybridized carbons (Fsp3) is 0.294. The van der Waals surface area contributed by atoms with Crippen LogP contribution in [0.25, 0.3) is 0 Å². The Morgan fingerprint density at radius 1 is 1.23 bits per heavy atom. The summed E-state index contributed by atoms with van der Waals surface area (Å²) in [4.78, 5) is 18.4. The monoisotopic (exact) mass is 439 g/mol. The Morgan fingerprint density at radius 2 is 1.88 bits per heavy atom. The van der Waals surface area contributed by atoms with E-state index in [1.165, 1.54) is 38.4 Å². The van der Waals surface area contributed by atoms with Crippen LogP contribution < -0.4 is 4.74 Å². The fourth-order valence-corrected chi connectivity index (χ4v) is 3.71. The number of hydrogen-bond donors (Lipinski definition) is 0. The van der Waals surface area contributed by atoms with Crippen molar-refractivity contribution in [3.63, 3.8) is 0 Å². The van der Waals surface area contributed by atoms with Crippen LogP contribution in [0.2, 0.25) is 0 Å². The zero-order valence-corrected chi connectivity index (χ0v) is 16.7. The lowest BCUT2D eigenvalue weighted by Gasteiger charge is -2.38. The van der Waals surface area contributed by atoms with Gasteiger partial charge in [-0.3, -0.25) is 4.79 Å². The second-order valence-electron chi connectivity index (χ2n) is 6.05. The maximum absolute atomic E-state index is 12.5. The van der Waals surface area contributed by atoms with Gasteiger partial charge in [0.05, 0.1) is 22.5 Å². The third kappa shape index (κ3) is 3.74. The van der Waals surface area contributed by atoms with E-state index in [1.54, 1.807) is 17.2 Å². The van der Waals surface area contributed by atoms with Crippen molar-refractivity contribution in [3.8, 4) is 5.88 Å². The van der Waals surface area contributed by atoms with Crippen LogP contribution in [-0.4, -0.2) is 61.8 Å². The Morgan fingerprint density at radius 3 is 2.46 bits per heavy atom. The number of likely N-dealkylation sites (tertiary alicyclic amines) is 1. The number of pyridine rings is 1. The number of ether oxygens (including phenoxy) is 1. The molecule has 3 rings (SSSR count). The average molecular weight is 440 g/mol. The predicted octanol–water partition coefficient (Wildman–Crippen LogP) is 2.00. The molecule has 0 radical (unpaired) electrons. The molecule has 0 atom stereocenters. The lowest BCUT2D eigenvalue weighted by atomic mass is 10.1. The standard InChI is InChI=1S/C17H18BrN3O4S/c1-20(2)26(23,24)14-7-5-12(6-8-14)17(22)21-10-13(11-21)25-16-15(18)4-3-9-19-16/h3-9,13H,10-11H2,1-2H3. The molecule has 7 nitrogen and oxygen atoms in total. The van der Waals surface area contributed by atoms with Gasteiger partial charge in [0.2, 0.25) is 15.9 Å². The largest absolute Gasteiger partial charge is 0.470 e. The number of benzene rings is 1. The fourth-order valence-electron chi connectivity index (χ4n) is 2.46. The predicted molar refractivity (Wildman–Crippen MR) is 99.6 cm³/mol. The van der Waals surface area contributed by atoms with E-state index in [1.807, 2.05) is 6.07 Å². The van der Waals surface area contributed by atoms with Gasteiger partial charge in [-0.15, -0.1) is 0 Å². The summed E-state index contributed by atoms with van der Waals surface area (Å²) < 4.78 is 31.8. The van der Waals surface area contributed by atoms with Gasteiger partial charge >= 0.3 is 0 Å². The number of carbonyl (C=O) groups is 1. The Bertz CT molecular complexity index is 910. The second kappa shape index (κ2) is 7.34. The number of hydrogen-bond acceptors (Lipinski definition) is 5. The number of sulfonamides is 1. The van der Waals surface area contributed by atoms with Gasteiger partial charge in [-0.2, -0.15) is 0 Å². The lowest BCUT2D eigenvalue weighted by Crippen LogP contribution is -2.56. The molecule has 9 heteroatoms. The van der Waals surface area contributed by atoms with Gasteiger partial charge in [0.15, 0.2) is 0 Å². The van der Waals surface area contributed by atoms with Crippen LogP contribution in [0, 0.1) is 0 Å². The molecule has 1 saturated heterocycles. The van der Waals surface area contributed by atoms with Gasteiger partial charge in [0, 0.05) is 25.9 Å². The molecule has 138 valence electrons. The Labute approximate surface area is 160 Å². The van der Waals surface area contributed by atoms with Crippen molar-refractivity contribution in [3.05, 3.63) is 52.6 Å². The van der Waals surface area contributed by atoms with Crippen LogP contribution in [0.4, 0.5) is 0 Å². The molecule has 26 heavy (non-hydrogen) atoms. The molecule has 0 bridgehead atoms. The summed E-state index contributed by atoms with van der Waals surface area (Å²) in [6.07, 6.45) is 1.53. The summed E-state index contributed by atoms with van der Waals surface area (Å²) in [7, 11) is -0.568. The summed E-state index contributed by atoms with van der Waals surface area (Å²) in [5.41, 5.74) is 0.445. The Hall–Kier alpha value is -1.97. The van der Waals surface area contributed by atoms with E-state index in [-0.39, 0.29) is 16.9 Å². The summed E-state index contributed by atoms with van der Waals surface area (Å²) in [5, 5.41) is 0. The highest BCUT2D eigenvalue weighted by atomic mass is 79.9. The third-order valence-electron chi connectivity index (χ3n) is 4.02. The first kappa shape index (κ1) is 18.8. The van der Waals surface area contributed by atoms with Crippen LogP contribution in [0.1, 0.15) is 10.4 Å². The molecule has 0 spiro atoms. The topological polar surface area (TPSA) is 79.8 Å². The number of amides is 1. The van der Waals surface area contributed by atoms with Gasteiger partial charge in [-0.05, 0) is 52.3 Å². The van der Waals surface area contributed by atoms with E-state index in [0.29, 0.717) is 24.5 Å². The molecule has 0 unspecified atom stereocenters. The maximum Gasteiger partial charge on any atom is 0.254 e. The second-order valence-corrected chi connectivity index (χ2v) is 9.06. The highest BCUT2D eigenvalue weighted by molar-refractivity contribution is 9.10. The first-order chi connectivity index (χ1) is 12.3. The van der Waals surface area contributed by atoms with Gasteiger partial charge in [0.1, 0.15) is 6.10 Å². The normalized spacial score (nSPS) is 15.0. The van der Waals surface area contributed by atoms with E-state index in [9.17, 15) is 13.2 Å². The minimum absolute atomic E-state index is 0.112. The number of nitrogens with zero attached hydrogens (tertiary/aromatic N) is 3. The van der Waals surface area contributed by atoms with E-state index in [4.69, 9.17) is 4.74 Å². The minimum Gasteiger partial charge on any atom is -0.470 e. The van der Waals surface area contributed by atoms with Crippen molar-refractivity contribution < 1.29 is 17.9 Å². The maximum atomic E-state index is 12.5. The lowest BCUT2D eigenvalue weighted by molar-refractivity contribution is 0.0157. The first-order valence-electron chi connectivity index (χ1n) is 7.88. The Balaban J connectivity index is 1.61. The number of aromatic nitrogens is 1. The van der Waals surface area contributed by atoms with Crippen molar-refractivity contribution in [2.75, 3.05) is 27.2 Å². The minimum atomic E-state index is -3.50. The molecule has 1 aromatic heterocycles. The molecule has 0 N–H and O–H groups in total. The van der Waals surface area contributed by atoms with Crippen molar-refractivity contribution in [1.82, 2.24) is 14.2 Å². The van der Waals surface area contributed by atoms with Gasteiger partial charge in [-0.25, -0.2) is 17.7 Å². The number of halogens is 1. The van der Waals surface area contributed by atoms with Gasteiger partial charge < -0.3 is 9.64 Å². The molecule has 2 heterocycles. The summed E-state index contributed by atoms with van der Waals surface area (Å²) in [5.74, 6) is 0.349. The molecular formula is C17H18BrN3O4S. The van der Waals surface area contributed by atoms with Crippen molar-refractivity contribution in [2.24, 2.45) is 0 Å². The van der Waals surface area contributed by atoms with Crippen LogP contribution in [0.3, 0.4) is 0 Å². The Kier molecular flexibility index (Phi) is 5.31. The van der Waals surface area contributed by atoms with Crippen LogP contribution in [-0.2, 0) is 10.0 Å². The van der Waals surface area contributed by atoms with E-state index < -0.39 is 10.0 Å². The van der Waals surface area contributed by atoms with E-state index >= 15 is 0 Å². The first-order valence-corrected chi connectivity index (χ1v) is 10.1. The molecule has 1 fully saturated rings. The van der Waals surface area contributed by atoms with Crippen molar-refractivity contribution in [2.45, 2.75) is 11.0 Å². The highest BCUT2D eigenvalue weighted by Crippen LogP contribution is 2.25. The van der Waals surface area contributed by atoms with Crippen LogP contribution in [0.5, 0.6) is 5.88 Å². The molecule has 0 aliphatic carbocycles.